The van der Waals surface area contributed by atoms with Gasteiger partial charge >= 0.3 is 0 Å². The molecule has 0 aliphatic rings. The Labute approximate surface area is 101 Å². The van der Waals surface area contributed by atoms with Crippen molar-refractivity contribution < 1.29 is 19.0 Å². The summed E-state index contributed by atoms with van der Waals surface area (Å²) in [6.07, 6.45) is -1.80. The summed E-state index contributed by atoms with van der Waals surface area (Å²) in [6.45, 7) is 1.81. The van der Waals surface area contributed by atoms with Crippen LogP contribution < -0.4 is 0 Å². The number of aliphatic hydroxyl groups excluding tert-OH is 2. The zero-order valence-electron chi connectivity index (χ0n) is 8.75. The van der Waals surface area contributed by atoms with Crippen molar-refractivity contribution in [2.45, 2.75) is 32.0 Å². The number of aliphatic hydroxyl groups is 2. The quantitative estimate of drug-likeness (QED) is 0.839. The maximum absolute atomic E-state index is 13.6. The highest BCUT2D eigenvalue weighted by atomic mass is 79.9. The molecule has 90 valence electrons. The lowest BCUT2D eigenvalue weighted by Gasteiger charge is -2.19. The van der Waals surface area contributed by atoms with Gasteiger partial charge in [0.05, 0.1) is 16.1 Å². The molecule has 0 saturated heterocycles. The molecule has 5 heteroatoms. The second-order valence-corrected chi connectivity index (χ2v) is 4.41. The highest BCUT2D eigenvalue weighted by molar-refractivity contribution is 9.10. The Hall–Kier alpha value is -0.520. The van der Waals surface area contributed by atoms with E-state index in [1.165, 1.54) is 6.07 Å². The third-order valence-electron chi connectivity index (χ3n) is 2.32. The van der Waals surface area contributed by atoms with Crippen LogP contribution in [0.3, 0.4) is 0 Å². The van der Waals surface area contributed by atoms with Gasteiger partial charge < -0.3 is 10.2 Å². The lowest BCUT2D eigenvalue weighted by molar-refractivity contribution is 0.00882. The van der Waals surface area contributed by atoms with E-state index >= 15 is 0 Å². The van der Waals surface area contributed by atoms with Crippen LogP contribution in [-0.2, 0) is 0 Å². The Morgan fingerprint density at radius 1 is 1.31 bits per heavy atom. The summed E-state index contributed by atoms with van der Waals surface area (Å²) in [5.41, 5.74) is -0.490. The standard InChI is InChI=1S/C11H13BrF2O2/c1-2-3-8(15)11(16)9-7(13)5-4-6(12)10(9)14/h4-5,8,11,15-16H,2-3H2,1H3. The third kappa shape index (κ3) is 2.78. The Morgan fingerprint density at radius 3 is 2.50 bits per heavy atom. The van der Waals surface area contributed by atoms with Gasteiger partial charge in [-0.2, -0.15) is 0 Å². The largest absolute Gasteiger partial charge is 0.390 e. The van der Waals surface area contributed by atoms with Gasteiger partial charge in [0.25, 0.3) is 0 Å². The molecule has 0 fully saturated rings. The van der Waals surface area contributed by atoms with Crippen LogP contribution in [0.4, 0.5) is 8.78 Å². The van der Waals surface area contributed by atoms with Crippen LogP contribution in [0.5, 0.6) is 0 Å². The van der Waals surface area contributed by atoms with Crippen LogP contribution in [0.25, 0.3) is 0 Å². The van der Waals surface area contributed by atoms with Gasteiger partial charge in [0.1, 0.15) is 17.7 Å². The van der Waals surface area contributed by atoms with E-state index in [0.29, 0.717) is 6.42 Å². The molecule has 2 N–H and O–H groups in total. The van der Waals surface area contributed by atoms with Gasteiger partial charge in [-0.1, -0.05) is 13.3 Å². The van der Waals surface area contributed by atoms with Crippen molar-refractivity contribution >= 4 is 15.9 Å². The molecule has 0 aliphatic heterocycles. The van der Waals surface area contributed by atoms with Crippen LogP contribution in [0.2, 0.25) is 0 Å². The normalized spacial score (nSPS) is 14.9. The number of hydrogen-bond acceptors (Lipinski definition) is 2. The zero-order chi connectivity index (χ0) is 12.3. The molecule has 0 heterocycles. The molecule has 2 atom stereocenters. The summed E-state index contributed by atoms with van der Waals surface area (Å²) in [5, 5.41) is 19.2. The van der Waals surface area contributed by atoms with Crippen molar-refractivity contribution in [3.63, 3.8) is 0 Å². The summed E-state index contributed by atoms with van der Waals surface area (Å²) >= 11 is 2.90. The van der Waals surface area contributed by atoms with E-state index in [1.807, 2.05) is 6.92 Å². The fourth-order valence-corrected chi connectivity index (χ4v) is 1.81. The SMILES string of the molecule is CCCC(O)C(O)c1c(F)ccc(Br)c1F. The zero-order valence-corrected chi connectivity index (χ0v) is 10.3. The molecule has 0 bridgehead atoms. The molecule has 0 saturated carbocycles. The first kappa shape index (κ1) is 13.5. The first-order valence-corrected chi connectivity index (χ1v) is 5.77. The minimum atomic E-state index is -1.54. The second kappa shape index (κ2) is 5.70. The van der Waals surface area contributed by atoms with Gasteiger partial charge in [0.2, 0.25) is 0 Å². The van der Waals surface area contributed by atoms with Crippen molar-refractivity contribution in [3.8, 4) is 0 Å². The first-order valence-electron chi connectivity index (χ1n) is 4.98. The van der Waals surface area contributed by atoms with E-state index in [2.05, 4.69) is 15.9 Å². The maximum atomic E-state index is 13.6. The number of halogens is 3. The maximum Gasteiger partial charge on any atom is 0.146 e. The summed E-state index contributed by atoms with van der Waals surface area (Å²) in [6, 6.07) is 2.26. The Kier molecular flexibility index (Phi) is 4.83. The topological polar surface area (TPSA) is 40.5 Å². The predicted molar refractivity (Wildman–Crippen MR) is 59.9 cm³/mol. The Morgan fingerprint density at radius 2 is 1.94 bits per heavy atom. The van der Waals surface area contributed by atoms with E-state index in [4.69, 9.17) is 0 Å². The molecule has 1 aromatic rings. The van der Waals surface area contributed by atoms with Crippen LogP contribution in [0.15, 0.2) is 16.6 Å². The average Bonchev–Trinajstić information content (AvgIpc) is 2.24. The Bertz CT molecular complexity index is 371. The van der Waals surface area contributed by atoms with Gasteiger partial charge in [-0.25, -0.2) is 8.78 Å². The molecule has 1 rings (SSSR count). The summed E-state index contributed by atoms with van der Waals surface area (Å²) in [5.74, 6) is -1.73. The molecule has 0 amide bonds. The molecule has 0 spiro atoms. The van der Waals surface area contributed by atoms with Crippen LogP contribution in [0, 0.1) is 11.6 Å². The van der Waals surface area contributed by atoms with Crippen molar-refractivity contribution in [2.24, 2.45) is 0 Å². The van der Waals surface area contributed by atoms with Crippen LogP contribution in [0.1, 0.15) is 31.4 Å². The first-order chi connectivity index (χ1) is 7.49. The molecule has 0 aliphatic carbocycles. The number of benzene rings is 1. The van der Waals surface area contributed by atoms with Gasteiger partial charge in [-0.3, -0.25) is 0 Å². The van der Waals surface area contributed by atoms with Gasteiger partial charge in [-0.15, -0.1) is 0 Å². The molecular formula is C11H13BrF2O2. The minimum absolute atomic E-state index is 0.0617. The van der Waals surface area contributed by atoms with Gasteiger partial charge in [0, 0.05) is 0 Å². The number of hydrogen-bond donors (Lipinski definition) is 2. The lowest BCUT2D eigenvalue weighted by Crippen LogP contribution is -2.20. The van der Waals surface area contributed by atoms with Crippen molar-refractivity contribution in [1.29, 1.82) is 0 Å². The lowest BCUT2D eigenvalue weighted by atomic mass is 10.0. The van der Waals surface area contributed by atoms with E-state index in [1.54, 1.807) is 0 Å². The highest BCUT2D eigenvalue weighted by Crippen LogP contribution is 2.29. The fraction of sp³-hybridized carbons (Fsp3) is 0.455. The fourth-order valence-electron chi connectivity index (χ4n) is 1.46. The smallest absolute Gasteiger partial charge is 0.146 e. The molecule has 0 aromatic heterocycles. The van der Waals surface area contributed by atoms with E-state index in [9.17, 15) is 19.0 Å². The van der Waals surface area contributed by atoms with E-state index < -0.39 is 29.4 Å². The van der Waals surface area contributed by atoms with Gasteiger partial charge in [0.15, 0.2) is 0 Å². The Balaban J connectivity index is 3.07. The highest BCUT2D eigenvalue weighted by Gasteiger charge is 2.25. The van der Waals surface area contributed by atoms with Crippen molar-refractivity contribution in [3.05, 3.63) is 33.8 Å². The molecular weight excluding hydrogens is 282 g/mol. The number of rotatable bonds is 4. The molecule has 0 radical (unpaired) electrons. The molecule has 2 nitrogen and oxygen atoms in total. The van der Waals surface area contributed by atoms with Crippen LogP contribution >= 0.6 is 15.9 Å². The van der Waals surface area contributed by atoms with Crippen LogP contribution in [-0.4, -0.2) is 16.3 Å². The van der Waals surface area contributed by atoms with E-state index in [-0.39, 0.29) is 10.9 Å². The third-order valence-corrected chi connectivity index (χ3v) is 2.94. The summed E-state index contributed by atoms with van der Waals surface area (Å²) < 4.78 is 27.0. The average molecular weight is 295 g/mol. The second-order valence-electron chi connectivity index (χ2n) is 3.56. The molecule has 2 unspecified atom stereocenters. The molecule has 1 aromatic carbocycles. The summed E-state index contributed by atoms with van der Waals surface area (Å²) in [7, 11) is 0. The van der Waals surface area contributed by atoms with E-state index in [0.717, 1.165) is 6.07 Å². The predicted octanol–water partition coefficient (Wildman–Crippen LogP) is 2.92. The van der Waals surface area contributed by atoms with Crippen molar-refractivity contribution in [1.82, 2.24) is 0 Å². The van der Waals surface area contributed by atoms with Gasteiger partial charge in [-0.05, 0) is 34.5 Å². The minimum Gasteiger partial charge on any atom is -0.390 e. The monoisotopic (exact) mass is 294 g/mol. The van der Waals surface area contributed by atoms with Crippen molar-refractivity contribution in [2.75, 3.05) is 0 Å². The summed E-state index contributed by atoms with van der Waals surface area (Å²) in [4.78, 5) is 0. The molecule has 16 heavy (non-hydrogen) atoms.